The molecule has 180 valence electrons. The van der Waals surface area contributed by atoms with Crippen molar-refractivity contribution in [1.29, 1.82) is 0 Å². The van der Waals surface area contributed by atoms with Crippen molar-refractivity contribution >= 4 is 27.7 Å². The van der Waals surface area contributed by atoms with E-state index in [9.17, 15) is 18.0 Å². The fraction of sp³-hybridized carbons (Fsp3) is 0.417. The molecule has 1 atom stereocenters. The van der Waals surface area contributed by atoms with E-state index in [1.807, 2.05) is 30.3 Å². The van der Waals surface area contributed by atoms with E-state index in [1.165, 1.54) is 12.1 Å². The van der Waals surface area contributed by atoms with Gasteiger partial charge in [0.05, 0.1) is 4.90 Å². The van der Waals surface area contributed by atoms with Crippen molar-refractivity contribution in [2.24, 2.45) is 0 Å². The third-order valence-electron chi connectivity index (χ3n) is 4.14. The molecule has 0 aliphatic rings. The predicted octanol–water partition coefficient (Wildman–Crippen LogP) is 3.84. The number of carbonyl (C=O) groups excluding carboxylic acids is 2. The van der Waals surface area contributed by atoms with Crippen molar-refractivity contribution < 1.29 is 22.7 Å². The van der Waals surface area contributed by atoms with Gasteiger partial charge in [0, 0.05) is 17.6 Å². The minimum atomic E-state index is -3.78. The van der Waals surface area contributed by atoms with Crippen LogP contribution in [0.4, 0.5) is 10.5 Å². The third-order valence-corrected chi connectivity index (χ3v) is 5.90. The summed E-state index contributed by atoms with van der Waals surface area (Å²) in [7, 11) is -3.78. The van der Waals surface area contributed by atoms with Crippen molar-refractivity contribution in [2.75, 3.05) is 5.32 Å². The SMILES string of the molecule is CC(C)(C)NS(=O)(=O)c1cccc(NC(=O)C(Cc2ccccc2)NC(=O)OC(C)(C)C)c1. The second-order valence-corrected chi connectivity index (χ2v) is 11.4. The fourth-order valence-electron chi connectivity index (χ4n) is 2.94. The van der Waals surface area contributed by atoms with E-state index >= 15 is 0 Å². The van der Waals surface area contributed by atoms with Crippen LogP contribution in [0, 0.1) is 0 Å². The molecule has 2 aromatic carbocycles. The van der Waals surface area contributed by atoms with Gasteiger partial charge in [0.2, 0.25) is 15.9 Å². The molecule has 1 unspecified atom stereocenters. The van der Waals surface area contributed by atoms with Crippen LogP contribution >= 0.6 is 0 Å². The molecule has 0 heterocycles. The van der Waals surface area contributed by atoms with Gasteiger partial charge < -0.3 is 15.4 Å². The van der Waals surface area contributed by atoms with Crippen LogP contribution in [0.15, 0.2) is 59.5 Å². The summed E-state index contributed by atoms with van der Waals surface area (Å²) in [5.74, 6) is -0.497. The lowest BCUT2D eigenvalue weighted by atomic mass is 10.1. The maximum atomic E-state index is 13.1. The van der Waals surface area contributed by atoms with E-state index in [1.54, 1.807) is 53.7 Å². The number of hydrogen-bond donors (Lipinski definition) is 3. The molecule has 0 aliphatic heterocycles. The van der Waals surface area contributed by atoms with Crippen LogP contribution in [0.3, 0.4) is 0 Å². The standard InChI is InChI=1S/C24H33N3O5S/c1-23(2,3)27-33(30,31)19-14-10-13-18(16-19)25-21(28)20(15-17-11-8-7-9-12-17)26-22(29)32-24(4,5)6/h7-14,16,20,27H,15H2,1-6H3,(H,25,28)(H,26,29). The highest BCUT2D eigenvalue weighted by atomic mass is 32.2. The lowest BCUT2D eigenvalue weighted by Crippen LogP contribution is -2.47. The Hall–Kier alpha value is -2.91. The van der Waals surface area contributed by atoms with Gasteiger partial charge in [-0.3, -0.25) is 4.79 Å². The highest BCUT2D eigenvalue weighted by molar-refractivity contribution is 7.89. The molecule has 0 radical (unpaired) electrons. The lowest BCUT2D eigenvalue weighted by molar-refractivity contribution is -0.118. The average molecular weight is 476 g/mol. The summed E-state index contributed by atoms with van der Waals surface area (Å²) in [5, 5.41) is 5.32. The second-order valence-electron chi connectivity index (χ2n) is 9.76. The van der Waals surface area contributed by atoms with Crippen LogP contribution in [-0.4, -0.2) is 37.6 Å². The molecule has 2 rings (SSSR count). The molecule has 2 amide bonds. The van der Waals surface area contributed by atoms with Gasteiger partial charge in [0.15, 0.2) is 0 Å². The number of carbonyl (C=O) groups is 2. The van der Waals surface area contributed by atoms with Crippen molar-refractivity contribution in [3.8, 4) is 0 Å². The van der Waals surface area contributed by atoms with E-state index in [0.717, 1.165) is 5.56 Å². The molecule has 0 saturated carbocycles. The zero-order valence-electron chi connectivity index (χ0n) is 19.9. The number of nitrogens with one attached hydrogen (secondary N) is 3. The normalized spacial score (nSPS) is 13.2. The molecule has 9 heteroatoms. The predicted molar refractivity (Wildman–Crippen MR) is 128 cm³/mol. The molecule has 0 bridgehead atoms. The number of ether oxygens (including phenoxy) is 1. The Kier molecular flexibility index (Phi) is 8.26. The van der Waals surface area contributed by atoms with E-state index in [0.29, 0.717) is 5.69 Å². The lowest BCUT2D eigenvalue weighted by Gasteiger charge is -2.23. The Labute approximate surface area is 196 Å². The zero-order valence-corrected chi connectivity index (χ0v) is 20.7. The van der Waals surface area contributed by atoms with Gasteiger partial charge in [-0.2, -0.15) is 0 Å². The highest BCUT2D eigenvalue weighted by Crippen LogP contribution is 2.18. The minimum Gasteiger partial charge on any atom is -0.444 e. The van der Waals surface area contributed by atoms with Gasteiger partial charge in [0.25, 0.3) is 0 Å². The summed E-state index contributed by atoms with van der Waals surface area (Å²) in [4.78, 5) is 25.4. The zero-order chi connectivity index (χ0) is 24.9. The largest absolute Gasteiger partial charge is 0.444 e. The van der Waals surface area contributed by atoms with E-state index in [4.69, 9.17) is 4.74 Å². The fourth-order valence-corrected chi connectivity index (χ4v) is 4.41. The summed E-state index contributed by atoms with van der Waals surface area (Å²) in [6.45, 7) is 10.4. The average Bonchev–Trinajstić information content (AvgIpc) is 2.65. The first kappa shape index (κ1) is 26.3. The van der Waals surface area contributed by atoms with Crippen molar-refractivity contribution in [1.82, 2.24) is 10.0 Å². The number of sulfonamides is 1. The summed E-state index contributed by atoms with van der Waals surface area (Å²) < 4.78 is 33.2. The molecular weight excluding hydrogens is 442 g/mol. The van der Waals surface area contributed by atoms with Crippen LogP contribution in [0.5, 0.6) is 0 Å². The maximum Gasteiger partial charge on any atom is 0.408 e. The number of anilines is 1. The summed E-state index contributed by atoms with van der Waals surface area (Å²) in [5.41, 5.74) is -0.239. The molecule has 0 fully saturated rings. The number of amides is 2. The molecule has 8 nitrogen and oxygen atoms in total. The number of benzene rings is 2. The summed E-state index contributed by atoms with van der Waals surface area (Å²) >= 11 is 0. The molecule has 3 N–H and O–H groups in total. The summed E-state index contributed by atoms with van der Waals surface area (Å²) in [6.07, 6.45) is -0.487. The summed E-state index contributed by atoms with van der Waals surface area (Å²) in [6, 6.07) is 14.3. The van der Waals surface area contributed by atoms with Crippen LogP contribution in [0.1, 0.15) is 47.1 Å². The van der Waals surface area contributed by atoms with Gasteiger partial charge in [-0.05, 0) is 65.3 Å². The molecule has 0 spiro atoms. The quantitative estimate of drug-likeness (QED) is 0.563. The first-order valence-corrected chi connectivity index (χ1v) is 12.1. The van der Waals surface area contributed by atoms with Gasteiger partial charge in [-0.1, -0.05) is 36.4 Å². The van der Waals surface area contributed by atoms with Gasteiger partial charge in [-0.25, -0.2) is 17.9 Å². The number of hydrogen-bond acceptors (Lipinski definition) is 5. The third kappa shape index (κ3) is 9.23. The molecule has 0 aromatic heterocycles. The van der Waals surface area contributed by atoms with Crippen LogP contribution in [0.2, 0.25) is 0 Å². The van der Waals surface area contributed by atoms with Crippen molar-refractivity contribution in [3.05, 3.63) is 60.2 Å². The monoisotopic (exact) mass is 475 g/mol. The van der Waals surface area contributed by atoms with Gasteiger partial charge in [-0.15, -0.1) is 0 Å². The molecule has 33 heavy (non-hydrogen) atoms. The molecular formula is C24H33N3O5S. The molecule has 0 saturated heterocycles. The van der Waals surface area contributed by atoms with E-state index < -0.39 is 39.2 Å². The molecule has 2 aromatic rings. The van der Waals surface area contributed by atoms with Crippen LogP contribution in [-0.2, 0) is 26.0 Å². The topological polar surface area (TPSA) is 114 Å². The Bertz CT molecular complexity index is 1070. The second kappa shape index (κ2) is 10.4. The first-order valence-electron chi connectivity index (χ1n) is 10.6. The van der Waals surface area contributed by atoms with E-state index in [2.05, 4.69) is 15.4 Å². The maximum absolute atomic E-state index is 13.1. The Morgan fingerprint density at radius 3 is 2.15 bits per heavy atom. The van der Waals surface area contributed by atoms with Gasteiger partial charge in [0.1, 0.15) is 11.6 Å². The Morgan fingerprint density at radius 2 is 1.58 bits per heavy atom. The Morgan fingerprint density at radius 1 is 0.939 bits per heavy atom. The van der Waals surface area contributed by atoms with E-state index in [-0.39, 0.29) is 11.3 Å². The molecule has 0 aliphatic carbocycles. The number of rotatable bonds is 7. The Balaban J connectivity index is 2.23. The number of alkyl carbamates (subject to hydrolysis) is 1. The van der Waals surface area contributed by atoms with Crippen molar-refractivity contribution in [2.45, 2.75) is 70.0 Å². The highest BCUT2D eigenvalue weighted by Gasteiger charge is 2.26. The van der Waals surface area contributed by atoms with Crippen LogP contribution in [0.25, 0.3) is 0 Å². The smallest absolute Gasteiger partial charge is 0.408 e. The van der Waals surface area contributed by atoms with Gasteiger partial charge >= 0.3 is 6.09 Å². The van der Waals surface area contributed by atoms with Crippen molar-refractivity contribution in [3.63, 3.8) is 0 Å². The van der Waals surface area contributed by atoms with Crippen LogP contribution < -0.4 is 15.4 Å². The minimum absolute atomic E-state index is 0.0231. The first-order chi connectivity index (χ1) is 15.1.